The molecule has 6 nitrogen and oxygen atoms in total. The van der Waals surface area contributed by atoms with E-state index < -0.39 is 26.8 Å². The summed E-state index contributed by atoms with van der Waals surface area (Å²) >= 11 is 5.66. The van der Waals surface area contributed by atoms with Crippen molar-refractivity contribution < 1.29 is 31.1 Å². The van der Waals surface area contributed by atoms with Crippen LogP contribution in [0.1, 0.15) is 35.1 Å². The maximum Gasteiger partial charge on any atom is 0.417 e. The molecule has 2 aliphatic rings. The average Bonchev–Trinajstić information content (AvgIpc) is 3.38. The average molecular weight is 565 g/mol. The Balaban J connectivity index is 1.46. The first kappa shape index (κ1) is 26.2. The molecule has 0 saturated heterocycles. The third-order valence-corrected chi connectivity index (χ3v) is 8.64. The van der Waals surface area contributed by atoms with Crippen molar-refractivity contribution in [2.75, 3.05) is 24.3 Å². The fourth-order valence-electron chi connectivity index (χ4n) is 5.14. The van der Waals surface area contributed by atoms with Gasteiger partial charge in [0.05, 0.1) is 35.7 Å². The molecule has 3 atom stereocenters. The Morgan fingerprint density at radius 2 is 1.76 bits per heavy atom. The Labute approximate surface area is 223 Å². The predicted molar refractivity (Wildman–Crippen MR) is 140 cm³/mol. The summed E-state index contributed by atoms with van der Waals surface area (Å²) in [6, 6.07) is 13.3. The first-order valence-electron chi connectivity index (χ1n) is 11.7. The van der Waals surface area contributed by atoms with E-state index in [0.29, 0.717) is 17.6 Å². The number of nitrogens with one attached hydrogen (secondary N) is 2. The second-order valence-corrected chi connectivity index (χ2v) is 11.2. The zero-order valence-electron chi connectivity index (χ0n) is 20.3. The largest absolute Gasteiger partial charge is 0.493 e. The first-order chi connectivity index (χ1) is 18.0. The maximum atomic E-state index is 13.2. The van der Waals surface area contributed by atoms with Crippen LogP contribution in [0, 0.1) is 5.92 Å². The standard InChI is InChI=1S/C27H24ClF3N2O4S/c1-36-24-11-6-15(12-25(24)37-2)26-19-5-3-4-18(19)20-14-17(8-10-23(20)32-26)38(34,35)33-16-7-9-22(28)21(13-16)27(29,30)31/h3-4,6-14,18-19,26,32-33H,5H2,1-2H3/t18-,19+,26+/m0/s1. The fourth-order valence-corrected chi connectivity index (χ4v) is 6.45. The number of sulfonamides is 1. The number of allylic oxidation sites excluding steroid dienone is 2. The van der Waals surface area contributed by atoms with Gasteiger partial charge in [-0.05, 0) is 72.0 Å². The molecule has 200 valence electrons. The van der Waals surface area contributed by atoms with Gasteiger partial charge in [-0.2, -0.15) is 13.2 Å². The lowest BCUT2D eigenvalue weighted by Gasteiger charge is -2.38. The van der Waals surface area contributed by atoms with Crippen molar-refractivity contribution in [2.24, 2.45) is 5.92 Å². The zero-order valence-corrected chi connectivity index (χ0v) is 21.9. The number of ether oxygens (including phenoxy) is 2. The minimum absolute atomic E-state index is 0.0492. The van der Waals surface area contributed by atoms with Crippen LogP contribution in [0.4, 0.5) is 24.5 Å². The fraction of sp³-hybridized carbons (Fsp3) is 0.259. The van der Waals surface area contributed by atoms with Gasteiger partial charge in [-0.1, -0.05) is 29.8 Å². The number of fused-ring (bicyclic) bond motifs is 3. The van der Waals surface area contributed by atoms with E-state index in [4.69, 9.17) is 21.1 Å². The summed E-state index contributed by atoms with van der Waals surface area (Å²) < 4.78 is 79.1. The van der Waals surface area contributed by atoms with Crippen LogP contribution in [0.25, 0.3) is 0 Å². The first-order valence-corrected chi connectivity index (χ1v) is 13.6. The minimum Gasteiger partial charge on any atom is -0.493 e. The van der Waals surface area contributed by atoms with Crippen LogP contribution >= 0.6 is 11.6 Å². The van der Waals surface area contributed by atoms with E-state index in [-0.39, 0.29) is 28.5 Å². The number of halogens is 4. The molecule has 3 aromatic rings. The van der Waals surface area contributed by atoms with Crippen LogP contribution in [-0.2, 0) is 16.2 Å². The van der Waals surface area contributed by atoms with Crippen molar-refractivity contribution in [3.63, 3.8) is 0 Å². The quantitative estimate of drug-likeness (QED) is 0.315. The lowest BCUT2D eigenvalue weighted by molar-refractivity contribution is -0.137. The molecule has 0 spiro atoms. The summed E-state index contributed by atoms with van der Waals surface area (Å²) in [7, 11) is -1.02. The topological polar surface area (TPSA) is 76.7 Å². The third kappa shape index (κ3) is 4.78. The Morgan fingerprint density at radius 1 is 1.00 bits per heavy atom. The van der Waals surface area contributed by atoms with E-state index in [1.807, 2.05) is 18.2 Å². The summed E-state index contributed by atoms with van der Waals surface area (Å²) in [4.78, 5) is -0.0508. The van der Waals surface area contributed by atoms with E-state index in [1.54, 1.807) is 26.4 Å². The van der Waals surface area contributed by atoms with Crippen LogP contribution in [0.2, 0.25) is 5.02 Å². The van der Waals surface area contributed by atoms with Crippen LogP contribution < -0.4 is 19.5 Å². The Kier molecular flexibility index (Phi) is 6.73. The van der Waals surface area contributed by atoms with Gasteiger partial charge in [0.1, 0.15) is 0 Å². The highest BCUT2D eigenvalue weighted by atomic mass is 35.5. The molecule has 1 aliphatic heterocycles. The molecule has 5 rings (SSSR count). The number of methoxy groups -OCH3 is 2. The van der Waals surface area contributed by atoms with Crippen molar-refractivity contribution in [3.05, 3.63) is 88.5 Å². The van der Waals surface area contributed by atoms with Gasteiger partial charge in [0.15, 0.2) is 11.5 Å². The lowest BCUT2D eigenvalue weighted by Crippen LogP contribution is -2.29. The molecule has 0 aromatic heterocycles. The smallest absolute Gasteiger partial charge is 0.417 e. The molecule has 38 heavy (non-hydrogen) atoms. The van der Waals surface area contributed by atoms with Gasteiger partial charge in [0.2, 0.25) is 0 Å². The van der Waals surface area contributed by atoms with Gasteiger partial charge in [0, 0.05) is 17.3 Å². The molecule has 0 fully saturated rings. The summed E-state index contributed by atoms with van der Waals surface area (Å²) in [5, 5.41) is 3.03. The summed E-state index contributed by atoms with van der Waals surface area (Å²) in [5.74, 6) is 1.31. The van der Waals surface area contributed by atoms with E-state index in [9.17, 15) is 21.6 Å². The van der Waals surface area contributed by atoms with Crippen LogP contribution in [0.5, 0.6) is 11.5 Å². The molecule has 11 heteroatoms. The van der Waals surface area contributed by atoms with E-state index in [2.05, 4.69) is 22.2 Å². The second-order valence-electron chi connectivity index (χ2n) is 9.14. The van der Waals surface area contributed by atoms with Crippen molar-refractivity contribution >= 4 is 33.0 Å². The van der Waals surface area contributed by atoms with E-state index in [1.165, 1.54) is 12.1 Å². The highest BCUT2D eigenvalue weighted by Gasteiger charge is 2.39. The van der Waals surface area contributed by atoms with Gasteiger partial charge >= 0.3 is 6.18 Å². The highest BCUT2D eigenvalue weighted by Crippen LogP contribution is 2.51. The second kappa shape index (κ2) is 9.74. The Morgan fingerprint density at radius 3 is 2.47 bits per heavy atom. The number of rotatable bonds is 6. The molecule has 1 heterocycles. The van der Waals surface area contributed by atoms with Gasteiger partial charge in [-0.25, -0.2) is 8.42 Å². The number of hydrogen-bond donors (Lipinski definition) is 2. The molecule has 1 aliphatic carbocycles. The molecule has 3 aromatic carbocycles. The normalized spacial score (nSPS) is 20.3. The van der Waals surface area contributed by atoms with Crippen molar-refractivity contribution in [2.45, 2.75) is 29.5 Å². The molecule has 0 unspecified atom stereocenters. The van der Waals surface area contributed by atoms with Gasteiger partial charge in [-0.15, -0.1) is 0 Å². The van der Waals surface area contributed by atoms with Crippen molar-refractivity contribution in [1.29, 1.82) is 0 Å². The zero-order chi connectivity index (χ0) is 27.2. The number of benzene rings is 3. The molecule has 0 amide bonds. The van der Waals surface area contributed by atoms with Crippen molar-refractivity contribution in [3.8, 4) is 11.5 Å². The molecule has 0 radical (unpaired) electrons. The minimum atomic E-state index is -4.72. The third-order valence-electron chi connectivity index (χ3n) is 6.94. The summed E-state index contributed by atoms with van der Waals surface area (Å²) in [6.07, 6.45) is 0.211. The van der Waals surface area contributed by atoms with E-state index >= 15 is 0 Å². The molecule has 2 N–H and O–H groups in total. The van der Waals surface area contributed by atoms with Crippen LogP contribution in [0.15, 0.2) is 71.6 Å². The monoisotopic (exact) mass is 564 g/mol. The molecular formula is C27H24ClF3N2O4S. The number of hydrogen-bond acceptors (Lipinski definition) is 5. The number of alkyl halides is 3. The Hall–Kier alpha value is -3.37. The Bertz CT molecular complexity index is 1530. The maximum absolute atomic E-state index is 13.2. The summed E-state index contributed by atoms with van der Waals surface area (Å²) in [6.45, 7) is 0. The highest BCUT2D eigenvalue weighted by molar-refractivity contribution is 7.92. The van der Waals surface area contributed by atoms with Gasteiger partial charge in [0.25, 0.3) is 10.0 Å². The predicted octanol–water partition coefficient (Wildman–Crippen LogP) is 7.00. The number of anilines is 2. The lowest BCUT2D eigenvalue weighted by atomic mass is 9.77. The summed E-state index contributed by atoms with van der Waals surface area (Å²) in [5.41, 5.74) is 1.24. The van der Waals surface area contributed by atoms with Crippen LogP contribution in [0.3, 0.4) is 0 Å². The molecule has 0 saturated carbocycles. The van der Waals surface area contributed by atoms with Crippen molar-refractivity contribution in [1.82, 2.24) is 0 Å². The molecular weight excluding hydrogens is 541 g/mol. The van der Waals surface area contributed by atoms with Crippen LogP contribution in [-0.4, -0.2) is 22.6 Å². The van der Waals surface area contributed by atoms with Gasteiger partial charge < -0.3 is 14.8 Å². The SMILES string of the molecule is COc1ccc([C@H]2Nc3ccc(S(=O)(=O)Nc4ccc(Cl)c(C(F)(F)F)c4)cc3[C@H]3C=CC[C@H]32)cc1OC. The molecule has 0 bridgehead atoms. The van der Waals surface area contributed by atoms with E-state index in [0.717, 1.165) is 29.3 Å². The van der Waals surface area contributed by atoms with Gasteiger partial charge in [-0.3, -0.25) is 4.72 Å².